The van der Waals surface area contributed by atoms with Crippen LogP contribution >= 0.6 is 0 Å². The molecule has 1 aliphatic rings. The number of benzene rings is 1. The molecule has 4 rings (SSSR count). The van der Waals surface area contributed by atoms with Crippen molar-refractivity contribution < 1.29 is 17.2 Å². The average molecular weight is 420 g/mol. The molecule has 1 fully saturated rings. The van der Waals surface area contributed by atoms with Crippen molar-refractivity contribution in [3.05, 3.63) is 47.8 Å². The Labute approximate surface area is 168 Å². The van der Waals surface area contributed by atoms with E-state index in [2.05, 4.69) is 15.2 Å². The molecule has 0 radical (unpaired) electrons. The summed E-state index contributed by atoms with van der Waals surface area (Å²) in [6.45, 7) is 1.73. The van der Waals surface area contributed by atoms with E-state index >= 15 is 0 Å². The quantitative estimate of drug-likeness (QED) is 0.623. The highest BCUT2D eigenvalue weighted by atomic mass is 32.2. The van der Waals surface area contributed by atoms with E-state index < -0.39 is 21.7 Å². The van der Waals surface area contributed by atoms with Crippen molar-refractivity contribution in [1.82, 2.24) is 15.2 Å². The molecule has 0 unspecified atom stereocenters. The lowest BCUT2D eigenvalue weighted by atomic mass is 10.0. The molecule has 29 heavy (non-hydrogen) atoms. The van der Waals surface area contributed by atoms with E-state index in [1.165, 1.54) is 6.20 Å². The van der Waals surface area contributed by atoms with Gasteiger partial charge in [0, 0.05) is 23.1 Å². The monoisotopic (exact) mass is 420 g/mol. The van der Waals surface area contributed by atoms with Gasteiger partial charge in [0.05, 0.1) is 23.3 Å². The Morgan fingerprint density at radius 3 is 2.66 bits per heavy atom. The number of sulfonamides is 1. The Morgan fingerprint density at radius 2 is 1.97 bits per heavy atom. The lowest BCUT2D eigenvalue weighted by Gasteiger charge is -2.24. The minimum Gasteiger partial charge on any atom is -0.279 e. The molecule has 0 aliphatic heterocycles. The van der Waals surface area contributed by atoms with Crippen molar-refractivity contribution in [2.24, 2.45) is 0 Å². The van der Waals surface area contributed by atoms with Crippen molar-refractivity contribution in [2.45, 2.75) is 44.9 Å². The van der Waals surface area contributed by atoms with Gasteiger partial charge in [0.1, 0.15) is 5.82 Å². The number of pyridine rings is 1. The van der Waals surface area contributed by atoms with Crippen LogP contribution in [0.2, 0.25) is 0 Å². The second kappa shape index (κ2) is 7.70. The van der Waals surface area contributed by atoms with Gasteiger partial charge in [0.2, 0.25) is 10.0 Å². The molecule has 154 valence electrons. The minimum atomic E-state index is -3.90. The van der Waals surface area contributed by atoms with Crippen LogP contribution in [0.4, 0.5) is 20.2 Å². The van der Waals surface area contributed by atoms with Crippen LogP contribution in [-0.2, 0) is 10.0 Å². The second-order valence-electron chi connectivity index (χ2n) is 7.36. The largest absolute Gasteiger partial charge is 0.279 e. The number of halogens is 2. The standard InChI is InChI=1S/C20H22F2N4O2S/c1-2-9-29(27,28)26(18-8-7-14(21)10-17(18)22)15-11-16-19(13-5-3-4-6-13)24-25-20(16)23-12-15/h7-8,10-13H,2-6,9H2,1H3,(H,23,24,25). The number of anilines is 2. The van der Waals surface area contributed by atoms with E-state index in [4.69, 9.17) is 0 Å². The first-order chi connectivity index (χ1) is 13.9. The normalized spacial score (nSPS) is 15.3. The molecule has 2 heterocycles. The highest BCUT2D eigenvalue weighted by molar-refractivity contribution is 7.93. The molecule has 0 amide bonds. The molecular weight excluding hydrogens is 398 g/mol. The number of nitrogens with one attached hydrogen (secondary N) is 1. The summed E-state index contributed by atoms with van der Waals surface area (Å²) in [5, 5.41) is 8.01. The molecule has 0 saturated heterocycles. The summed E-state index contributed by atoms with van der Waals surface area (Å²) in [5.41, 5.74) is 1.39. The zero-order valence-electron chi connectivity index (χ0n) is 16.0. The summed E-state index contributed by atoms with van der Waals surface area (Å²) in [6.07, 6.45) is 6.05. The smallest absolute Gasteiger partial charge is 0.239 e. The zero-order chi connectivity index (χ0) is 20.6. The molecule has 0 spiro atoms. The van der Waals surface area contributed by atoms with Crippen molar-refractivity contribution in [2.75, 3.05) is 10.1 Å². The molecule has 9 heteroatoms. The maximum atomic E-state index is 14.6. The fourth-order valence-corrected chi connectivity index (χ4v) is 5.56. The summed E-state index contributed by atoms with van der Waals surface area (Å²) in [7, 11) is -3.90. The Balaban J connectivity index is 1.88. The van der Waals surface area contributed by atoms with Crippen LogP contribution in [0.15, 0.2) is 30.5 Å². The highest BCUT2D eigenvalue weighted by Crippen LogP contribution is 2.38. The van der Waals surface area contributed by atoms with Crippen molar-refractivity contribution in [3.8, 4) is 0 Å². The number of aromatic amines is 1. The number of hydrogen-bond acceptors (Lipinski definition) is 4. The fourth-order valence-electron chi connectivity index (χ4n) is 3.99. The van der Waals surface area contributed by atoms with Gasteiger partial charge in [-0.2, -0.15) is 5.10 Å². The third-order valence-electron chi connectivity index (χ3n) is 5.29. The Kier molecular flexibility index (Phi) is 5.24. The van der Waals surface area contributed by atoms with Gasteiger partial charge in [-0.1, -0.05) is 19.8 Å². The van der Waals surface area contributed by atoms with E-state index in [9.17, 15) is 17.2 Å². The van der Waals surface area contributed by atoms with Crippen LogP contribution in [-0.4, -0.2) is 29.4 Å². The van der Waals surface area contributed by atoms with E-state index in [-0.39, 0.29) is 17.1 Å². The minimum absolute atomic E-state index is 0.178. The maximum absolute atomic E-state index is 14.6. The van der Waals surface area contributed by atoms with Gasteiger partial charge in [-0.3, -0.25) is 5.10 Å². The number of fused-ring (bicyclic) bond motifs is 1. The Hall–Kier alpha value is -2.55. The van der Waals surface area contributed by atoms with E-state index in [0.29, 0.717) is 24.1 Å². The summed E-state index contributed by atoms with van der Waals surface area (Å²) in [5.74, 6) is -1.58. The summed E-state index contributed by atoms with van der Waals surface area (Å²) in [4.78, 5) is 4.30. The molecular formula is C20H22F2N4O2S. The maximum Gasteiger partial charge on any atom is 0.239 e. The predicted molar refractivity (Wildman–Crippen MR) is 108 cm³/mol. The fraction of sp³-hybridized carbons (Fsp3) is 0.400. The molecule has 1 saturated carbocycles. The average Bonchev–Trinajstić information content (AvgIpc) is 3.32. The highest BCUT2D eigenvalue weighted by Gasteiger charge is 2.28. The molecule has 6 nitrogen and oxygen atoms in total. The summed E-state index contributed by atoms with van der Waals surface area (Å²) < 4.78 is 54.9. The van der Waals surface area contributed by atoms with E-state index in [1.807, 2.05) is 0 Å². The van der Waals surface area contributed by atoms with Crippen LogP contribution in [0.1, 0.15) is 50.6 Å². The van der Waals surface area contributed by atoms with Gasteiger partial charge in [0.15, 0.2) is 11.5 Å². The molecule has 2 aromatic heterocycles. The third-order valence-corrected chi connectivity index (χ3v) is 7.18. The van der Waals surface area contributed by atoms with Crippen LogP contribution in [0.5, 0.6) is 0 Å². The van der Waals surface area contributed by atoms with Crippen LogP contribution in [0.25, 0.3) is 11.0 Å². The topological polar surface area (TPSA) is 79.0 Å². The van der Waals surface area contributed by atoms with Gasteiger partial charge in [-0.25, -0.2) is 26.5 Å². The van der Waals surface area contributed by atoms with Gasteiger partial charge in [0.25, 0.3) is 0 Å². The Bertz CT molecular complexity index is 1140. The number of H-pyrrole nitrogens is 1. The summed E-state index contributed by atoms with van der Waals surface area (Å²) >= 11 is 0. The summed E-state index contributed by atoms with van der Waals surface area (Å²) in [6, 6.07) is 4.53. The number of aromatic nitrogens is 3. The molecule has 1 aromatic carbocycles. The van der Waals surface area contributed by atoms with Crippen molar-refractivity contribution >= 4 is 32.4 Å². The lowest BCUT2D eigenvalue weighted by molar-refractivity contribution is 0.578. The van der Waals surface area contributed by atoms with Crippen molar-refractivity contribution in [3.63, 3.8) is 0 Å². The van der Waals surface area contributed by atoms with Gasteiger partial charge < -0.3 is 0 Å². The SMILES string of the molecule is CCCS(=O)(=O)N(c1cnc2n[nH]c(C3CCCC3)c2c1)c1ccc(F)cc1F. The molecule has 1 N–H and O–H groups in total. The third kappa shape index (κ3) is 3.71. The number of rotatable bonds is 6. The predicted octanol–water partition coefficient (Wildman–Crippen LogP) is 4.77. The van der Waals surface area contributed by atoms with Crippen LogP contribution in [0.3, 0.4) is 0 Å². The first kappa shape index (κ1) is 19.8. The first-order valence-electron chi connectivity index (χ1n) is 9.73. The number of nitrogens with zero attached hydrogens (tertiary/aromatic N) is 3. The van der Waals surface area contributed by atoms with Gasteiger partial charge in [-0.05, 0) is 37.5 Å². The van der Waals surface area contributed by atoms with E-state index in [1.54, 1.807) is 13.0 Å². The second-order valence-corrected chi connectivity index (χ2v) is 9.30. The number of hydrogen-bond donors (Lipinski definition) is 1. The van der Waals surface area contributed by atoms with Gasteiger partial charge in [-0.15, -0.1) is 0 Å². The van der Waals surface area contributed by atoms with Gasteiger partial charge >= 0.3 is 0 Å². The zero-order valence-corrected chi connectivity index (χ0v) is 16.8. The van der Waals surface area contributed by atoms with Crippen molar-refractivity contribution in [1.29, 1.82) is 0 Å². The molecule has 3 aromatic rings. The Morgan fingerprint density at radius 1 is 1.21 bits per heavy atom. The molecule has 1 aliphatic carbocycles. The van der Waals surface area contributed by atoms with Crippen LogP contribution in [0, 0.1) is 11.6 Å². The molecule has 0 bridgehead atoms. The van der Waals surface area contributed by atoms with Crippen LogP contribution < -0.4 is 4.31 Å². The first-order valence-corrected chi connectivity index (χ1v) is 11.3. The lowest BCUT2D eigenvalue weighted by Crippen LogP contribution is -2.29. The molecule has 0 atom stereocenters. The van der Waals surface area contributed by atoms with E-state index in [0.717, 1.165) is 53.2 Å².